The molecule has 0 aliphatic carbocycles. The summed E-state index contributed by atoms with van der Waals surface area (Å²) in [5.74, 6) is 1.35. The molecular formula is C20H28N4O3. The molecule has 2 aromatic rings. The van der Waals surface area contributed by atoms with Gasteiger partial charge in [-0.1, -0.05) is 29.4 Å². The van der Waals surface area contributed by atoms with Gasteiger partial charge in [-0.3, -0.25) is 9.69 Å². The molecule has 2 heterocycles. The molecule has 0 radical (unpaired) electrons. The summed E-state index contributed by atoms with van der Waals surface area (Å²) in [6.07, 6.45) is 2.75. The third-order valence-electron chi connectivity index (χ3n) is 4.91. The number of hydrogen-bond acceptors (Lipinski definition) is 6. The molecule has 1 N–H and O–H groups in total. The first-order chi connectivity index (χ1) is 13.2. The number of aryl methyl sites for hydroxylation is 1. The fourth-order valence-electron chi connectivity index (χ4n) is 3.43. The van der Waals surface area contributed by atoms with Gasteiger partial charge in [0, 0.05) is 32.4 Å². The summed E-state index contributed by atoms with van der Waals surface area (Å²) >= 11 is 0. The standard InChI is InChI=1S/C20H28N4O3/c1-15-7-3-4-9-17(15)19-22-18(27-23-19)14-24-11-5-8-16(13-24)20(25)21-10-6-12-26-2/h3-4,7,9,16H,5-6,8,10-14H2,1-2H3,(H,21,25). The van der Waals surface area contributed by atoms with Crippen molar-refractivity contribution in [3.63, 3.8) is 0 Å². The third kappa shape index (κ3) is 5.37. The van der Waals surface area contributed by atoms with Crippen LogP contribution in [-0.4, -0.2) is 54.3 Å². The second-order valence-electron chi connectivity index (χ2n) is 7.04. The number of piperidine rings is 1. The van der Waals surface area contributed by atoms with Crippen LogP contribution in [-0.2, 0) is 16.1 Å². The van der Waals surface area contributed by atoms with E-state index in [1.807, 2.05) is 31.2 Å². The summed E-state index contributed by atoms with van der Waals surface area (Å²) in [5.41, 5.74) is 2.10. The number of nitrogens with one attached hydrogen (secondary N) is 1. The second kappa shape index (κ2) is 9.62. The number of aromatic nitrogens is 2. The number of amides is 1. The number of carbonyl (C=O) groups excluding carboxylic acids is 1. The molecule has 7 nitrogen and oxygen atoms in total. The number of benzene rings is 1. The van der Waals surface area contributed by atoms with Crippen molar-refractivity contribution < 1.29 is 14.1 Å². The Labute approximate surface area is 160 Å². The summed E-state index contributed by atoms with van der Waals surface area (Å²) in [4.78, 5) is 19.1. The van der Waals surface area contributed by atoms with Gasteiger partial charge in [0.05, 0.1) is 12.5 Å². The summed E-state index contributed by atoms with van der Waals surface area (Å²) < 4.78 is 10.5. The molecule has 1 fully saturated rings. The van der Waals surface area contributed by atoms with E-state index in [1.54, 1.807) is 7.11 Å². The maximum Gasteiger partial charge on any atom is 0.241 e. The number of hydrogen-bond donors (Lipinski definition) is 1. The first kappa shape index (κ1) is 19.5. The van der Waals surface area contributed by atoms with Crippen molar-refractivity contribution in [2.75, 3.05) is 33.4 Å². The number of likely N-dealkylation sites (tertiary alicyclic amines) is 1. The number of rotatable bonds is 8. The molecule has 1 aromatic carbocycles. The monoisotopic (exact) mass is 372 g/mol. The van der Waals surface area contributed by atoms with Crippen LogP contribution in [0.2, 0.25) is 0 Å². The Morgan fingerprint density at radius 2 is 2.26 bits per heavy atom. The van der Waals surface area contributed by atoms with Crippen LogP contribution in [0.3, 0.4) is 0 Å². The van der Waals surface area contributed by atoms with Crippen molar-refractivity contribution in [2.24, 2.45) is 5.92 Å². The van der Waals surface area contributed by atoms with E-state index in [1.165, 1.54) is 0 Å². The van der Waals surface area contributed by atoms with Crippen LogP contribution in [0.15, 0.2) is 28.8 Å². The zero-order chi connectivity index (χ0) is 19.1. The van der Waals surface area contributed by atoms with Gasteiger partial charge in [0.15, 0.2) is 0 Å². The van der Waals surface area contributed by atoms with Gasteiger partial charge >= 0.3 is 0 Å². The first-order valence-electron chi connectivity index (χ1n) is 9.55. The highest BCUT2D eigenvalue weighted by molar-refractivity contribution is 5.78. The maximum absolute atomic E-state index is 12.4. The predicted octanol–water partition coefficient (Wildman–Crippen LogP) is 2.41. The van der Waals surface area contributed by atoms with E-state index in [0.29, 0.717) is 31.4 Å². The molecule has 3 rings (SSSR count). The topological polar surface area (TPSA) is 80.5 Å². The van der Waals surface area contributed by atoms with Crippen molar-refractivity contribution >= 4 is 5.91 Å². The minimum absolute atomic E-state index is 0.0139. The molecule has 0 spiro atoms. The number of ether oxygens (including phenoxy) is 1. The minimum atomic E-state index is 0.0139. The fourth-order valence-corrected chi connectivity index (χ4v) is 3.43. The zero-order valence-corrected chi connectivity index (χ0v) is 16.1. The molecule has 1 amide bonds. The van der Waals surface area contributed by atoms with Crippen LogP contribution in [0.25, 0.3) is 11.4 Å². The van der Waals surface area contributed by atoms with Gasteiger partial charge in [0.2, 0.25) is 17.6 Å². The highest BCUT2D eigenvalue weighted by atomic mass is 16.5. The van der Waals surface area contributed by atoms with Crippen LogP contribution in [0.5, 0.6) is 0 Å². The molecule has 1 aromatic heterocycles. The molecule has 1 unspecified atom stereocenters. The maximum atomic E-state index is 12.4. The smallest absolute Gasteiger partial charge is 0.241 e. The average Bonchev–Trinajstić information content (AvgIpc) is 3.14. The van der Waals surface area contributed by atoms with Crippen molar-refractivity contribution in [2.45, 2.75) is 32.7 Å². The quantitative estimate of drug-likeness (QED) is 0.717. The molecule has 1 aliphatic heterocycles. The van der Waals surface area contributed by atoms with E-state index in [0.717, 1.165) is 43.5 Å². The molecule has 146 valence electrons. The highest BCUT2D eigenvalue weighted by Crippen LogP contribution is 2.22. The predicted molar refractivity (Wildman–Crippen MR) is 102 cm³/mol. The SMILES string of the molecule is COCCCNC(=O)C1CCCN(Cc2nc(-c3ccccc3C)no2)C1. The van der Waals surface area contributed by atoms with Crippen LogP contribution in [0.1, 0.15) is 30.7 Å². The molecule has 0 saturated carbocycles. The molecule has 27 heavy (non-hydrogen) atoms. The van der Waals surface area contributed by atoms with Crippen molar-refractivity contribution in [3.05, 3.63) is 35.7 Å². The normalized spacial score (nSPS) is 17.8. The Morgan fingerprint density at radius 3 is 3.07 bits per heavy atom. The molecule has 0 bridgehead atoms. The third-order valence-corrected chi connectivity index (χ3v) is 4.91. The van der Waals surface area contributed by atoms with Crippen LogP contribution in [0, 0.1) is 12.8 Å². The first-order valence-corrected chi connectivity index (χ1v) is 9.55. The van der Waals surface area contributed by atoms with E-state index < -0.39 is 0 Å². The largest absolute Gasteiger partial charge is 0.385 e. The lowest BCUT2D eigenvalue weighted by atomic mass is 9.97. The van der Waals surface area contributed by atoms with Crippen molar-refractivity contribution in [1.29, 1.82) is 0 Å². The zero-order valence-electron chi connectivity index (χ0n) is 16.1. The Hall–Kier alpha value is -2.25. The van der Waals surface area contributed by atoms with Crippen molar-refractivity contribution in [3.8, 4) is 11.4 Å². The van der Waals surface area contributed by atoms with Crippen molar-refractivity contribution in [1.82, 2.24) is 20.4 Å². The lowest BCUT2D eigenvalue weighted by Gasteiger charge is -2.30. The summed E-state index contributed by atoms with van der Waals surface area (Å²) in [6, 6.07) is 7.99. The van der Waals surface area contributed by atoms with Gasteiger partial charge < -0.3 is 14.6 Å². The Balaban J connectivity index is 1.54. The van der Waals surface area contributed by atoms with Crippen LogP contribution < -0.4 is 5.32 Å². The van der Waals surface area contributed by atoms with Gasteiger partial charge in [-0.05, 0) is 38.3 Å². The summed E-state index contributed by atoms with van der Waals surface area (Å²) in [6.45, 7) is 5.59. The molecule has 1 aliphatic rings. The molecular weight excluding hydrogens is 344 g/mol. The molecule has 7 heteroatoms. The fraction of sp³-hybridized carbons (Fsp3) is 0.550. The second-order valence-corrected chi connectivity index (χ2v) is 7.04. The van der Waals surface area contributed by atoms with E-state index in [4.69, 9.17) is 9.26 Å². The lowest BCUT2D eigenvalue weighted by molar-refractivity contribution is -0.126. The lowest BCUT2D eigenvalue weighted by Crippen LogP contribution is -2.43. The van der Waals surface area contributed by atoms with Gasteiger partial charge in [-0.25, -0.2) is 0 Å². The number of methoxy groups -OCH3 is 1. The van der Waals surface area contributed by atoms with E-state index in [9.17, 15) is 4.79 Å². The van der Waals surface area contributed by atoms with Gasteiger partial charge in [0.25, 0.3) is 0 Å². The van der Waals surface area contributed by atoms with E-state index >= 15 is 0 Å². The highest BCUT2D eigenvalue weighted by Gasteiger charge is 2.26. The summed E-state index contributed by atoms with van der Waals surface area (Å²) in [7, 11) is 1.67. The Bertz CT molecular complexity index is 746. The number of carbonyl (C=O) groups is 1. The van der Waals surface area contributed by atoms with Crippen LogP contribution in [0.4, 0.5) is 0 Å². The Kier molecular flexibility index (Phi) is 6.95. The molecule has 1 atom stereocenters. The van der Waals surface area contributed by atoms with E-state index in [2.05, 4.69) is 20.4 Å². The number of nitrogens with zero attached hydrogens (tertiary/aromatic N) is 3. The Morgan fingerprint density at radius 1 is 1.41 bits per heavy atom. The van der Waals surface area contributed by atoms with Gasteiger partial charge in [0.1, 0.15) is 0 Å². The molecule has 1 saturated heterocycles. The van der Waals surface area contributed by atoms with Gasteiger partial charge in [-0.15, -0.1) is 0 Å². The summed E-state index contributed by atoms with van der Waals surface area (Å²) in [5, 5.41) is 7.13. The van der Waals surface area contributed by atoms with Crippen LogP contribution >= 0.6 is 0 Å². The minimum Gasteiger partial charge on any atom is -0.385 e. The van der Waals surface area contributed by atoms with Gasteiger partial charge in [-0.2, -0.15) is 4.98 Å². The average molecular weight is 372 g/mol. The van der Waals surface area contributed by atoms with E-state index in [-0.39, 0.29) is 11.8 Å².